The average molecular weight is 86.1 g/mol. The third-order valence-corrected chi connectivity index (χ3v) is 0.590. The molecule has 4 heteroatoms. The molecule has 0 saturated heterocycles. The van der Waals surface area contributed by atoms with E-state index in [0.29, 0.717) is 13.3 Å². The Labute approximate surface area is 35.6 Å². The molecule has 0 atom stereocenters. The molecular weight excluding hydrogens is 80.0 g/mol. The second kappa shape index (κ2) is 1.32. The molecule has 0 saturated carbocycles. The zero-order chi connectivity index (χ0) is 4.41. The Balaban J connectivity index is 2.32. The van der Waals surface area contributed by atoms with Gasteiger partial charge in [-0.05, 0) is 0 Å². The van der Waals surface area contributed by atoms with Gasteiger partial charge in [-0.3, -0.25) is 5.84 Å². The highest BCUT2D eigenvalue weighted by molar-refractivity contribution is 4.45. The number of nitrogens with zero attached hydrogens (tertiary/aromatic N) is 3. The number of rotatable bonds is 0. The summed E-state index contributed by atoms with van der Waals surface area (Å²) in [5.74, 6) is 5.18. The first-order valence-electron chi connectivity index (χ1n) is 1.72. The van der Waals surface area contributed by atoms with Crippen molar-refractivity contribution < 1.29 is 0 Å². The summed E-state index contributed by atoms with van der Waals surface area (Å²) >= 11 is 0. The molecule has 0 unspecified atom stereocenters. The van der Waals surface area contributed by atoms with Gasteiger partial charge in [0.1, 0.15) is 13.3 Å². The van der Waals surface area contributed by atoms with Crippen LogP contribution in [-0.2, 0) is 0 Å². The third kappa shape index (κ3) is 0.526. The molecule has 0 bridgehead atoms. The van der Waals surface area contributed by atoms with E-state index in [9.17, 15) is 0 Å². The van der Waals surface area contributed by atoms with Gasteiger partial charge in [0.25, 0.3) is 0 Å². The Hall–Kier alpha value is -0.480. The van der Waals surface area contributed by atoms with E-state index in [2.05, 4.69) is 10.2 Å². The fourth-order valence-electron chi connectivity index (χ4n) is 0.297. The second-order valence-corrected chi connectivity index (χ2v) is 1.15. The predicted molar refractivity (Wildman–Crippen MR) is 20.6 cm³/mol. The molecule has 2 N–H and O–H groups in total. The van der Waals surface area contributed by atoms with Crippen LogP contribution in [0.5, 0.6) is 0 Å². The van der Waals surface area contributed by atoms with Crippen molar-refractivity contribution in [2.45, 2.75) is 0 Å². The van der Waals surface area contributed by atoms with Crippen molar-refractivity contribution >= 4 is 0 Å². The van der Waals surface area contributed by atoms with Gasteiger partial charge in [-0.15, -0.1) is 0 Å². The van der Waals surface area contributed by atoms with Crippen LogP contribution in [0.25, 0.3) is 0 Å². The molecule has 1 aliphatic rings. The third-order valence-electron chi connectivity index (χ3n) is 0.590. The van der Waals surface area contributed by atoms with Crippen LogP contribution >= 0.6 is 0 Å². The maximum Gasteiger partial charge on any atom is 0.127 e. The van der Waals surface area contributed by atoms with Gasteiger partial charge in [0.15, 0.2) is 0 Å². The molecule has 34 valence electrons. The minimum atomic E-state index is 0.556. The molecule has 0 aromatic rings. The van der Waals surface area contributed by atoms with E-state index in [1.54, 1.807) is 0 Å². The Kier molecular flexibility index (Phi) is 0.813. The van der Waals surface area contributed by atoms with E-state index in [0.717, 1.165) is 0 Å². The molecule has 6 heavy (non-hydrogen) atoms. The Morgan fingerprint density at radius 2 is 1.83 bits per heavy atom. The summed E-state index contributed by atoms with van der Waals surface area (Å²) in [5, 5.41) is 8.71. The van der Waals surface area contributed by atoms with Gasteiger partial charge in [0.05, 0.1) is 0 Å². The molecule has 0 aromatic carbocycles. The van der Waals surface area contributed by atoms with Crippen LogP contribution in [0.4, 0.5) is 0 Å². The maximum atomic E-state index is 5.18. The largest absolute Gasteiger partial charge is 0.265 e. The van der Waals surface area contributed by atoms with Crippen LogP contribution in [0.1, 0.15) is 0 Å². The molecule has 4 nitrogen and oxygen atoms in total. The van der Waals surface area contributed by atoms with E-state index in [4.69, 9.17) is 5.84 Å². The van der Waals surface area contributed by atoms with Crippen molar-refractivity contribution in [1.82, 2.24) is 5.01 Å². The summed E-state index contributed by atoms with van der Waals surface area (Å²) in [6.07, 6.45) is 0. The van der Waals surface area contributed by atoms with Gasteiger partial charge in [0.2, 0.25) is 0 Å². The van der Waals surface area contributed by atoms with Crippen molar-refractivity contribution in [3.8, 4) is 0 Å². The molecule has 0 aromatic heterocycles. The van der Waals surface area contributed by atoms with Crippen molar-refractivity contribution in [3.05, 3.63) is 0 Å². The summed E-state index contributed by atoms with van der Waals surface area (Å²) < 4.78 is 0. The lowest BCUT2D eigenvalue weighted by Gasteiger charge is -1.97. The van der Waals surface area contributed by atoms with Gasteiger partial charge in [-0.25, -0.2) is 5.01 Å². The van der Waals surface area contributed by atoms with Crippen molar-refractivity contribution in [3.63, 3.8) is 0 Å². The SMILES string of the molecule is NN1CN=NC1. The van der Waals surface area contributed by atoms with Gasteiger partial charge < -0.3 is 0 Å². The Morgan fingerprint density at radius 1 is 1.33 bits per heavy atom. The monoisotopic (exact) mass is 86.1 g/mol. The smallest absolute Gasteiger partial charge is 0.127 e. The van der Waals surface area contributed by atoms with Crippen LogP contribution in [0.3, 0.4) is 0 Å². The maximum absolute atomic E-state index is 5.18. The molecule has 0 spiro atoms. The van der Waals surface area contributed by atoms with E-state index in [-0.39, 0.29) is 0 Å². The summed E-state index contributed by atoms with van der Waals surface area (Å²) in [4.78, 5) is 0. The van der Waals surface area contributed by atoms with Crippen LogP contribution in [-0.4, -0.2) is 18.3 Å². The zero-order valence-corrected chi connectivity index (χ0v) is 3.33. The molecule has 1 rings (SSSR count). The quantitative estimate of drug-likeness (QED) is 0.406. The highest BCUT2D eigenvalue weighted by Gasteiger charge is 1.98. The standard InChI is InChI=1S/C2H6N4/c3-6-1-4-5-2-6/h1-3H2. The lowest BCUT2D eigenvalue weighted by atomic mass is 11.0. The highest BCUT2D eigenvalue weighted by atomic mass is 15.5. The van der Waals surface area contributed by atoms with Gasteiger partial charge in [-0.1, -0.05) is 0 Å². The average Bonchev–Trinajstić information content (AvgIpc) is 1.86. The minimum absolute atomic E-state index is 0.556. The fourth-order valence-corrected chi connectivity index (χ4v) is 0.297. The van der Waals surface area contributed by atoms with E-state index in [1.807, 2.05) is 0 Å². The second-order valence-electron chi connectivity index (χ2n) is 1.15. The lowest BCUT2D eigenvalue weighted by Crippen LogP contribution is -2.27. The number of hydrogen-bond donors (Lipinski definition) is 1. The normalized spacial score (nSPS) is 22.8. The molecular formula is C2H6N4. The number of hydrazine groups is 1. The summed E-state index contributed by atoms with van der Waals surface area (Å²) in [6, 6.07) is 0. The van der Waals surface area contributed by atoms with Crippen LogP contribution in [0.15, 0.2) is 10.2 Å². The Bertz CT molecular complexity index is 59.9. The van der Waals surface area contributed by atoms with Crippen LogP contribution in [0, 0.1) is 0 Å². The minimum Gasteiger partial charge on any atom is -0.265 e. The first-order chi connectivity index (χ1) is 2.89. The van der Waals surface area contributed by atoms with E-state index >= 15 is 0 Å². The molecule has 0 radical (unpaired) electrons. The van der Waals surface area contributed by atoms with Crippen LogP contribution < -0.4 is 5.84 Å². The first kappa shape index (κ1) is 3.70. The van der Waals surface area contributed by atoms with Gasteiger partial charge in [-0.2, -0.15) is 10.2 Å². The summed E-state index contributed by atoms with van der Waals surface area (Å²) in [5.41, 5.74) is 0. The molecule has 1 aliphatic heterocycles. The lowest BCUT2D eigenvalue weighted by molar-refractivity contribution is 0.344. The molecule has 0 amide bonds. The Morgan fingerprint density at radius 3 is 2.00 bits per heavy atom. The first-order valence-corrected chi connectivity index (χ1v) is 1.72. The topological polar surface area (TPSA) is 54.0 Å². The van der Waals surface area contributed by atoms with E-state index < -0.39 is 0 Å². The highest BCUT2D eigenvalue weighted by Crippen LogP contribution is 1.88. The van der Waals surface area contributed by atoms with Gasteiger partial charge >= 0.3 is 0 Å². The number of nitrogens with two attached hydrogens (primary N) is 1. The number of hydrogen-bond acceptors (Lipinski definition) is 4. The van der Waals surface area contributed by atoms with E-state index in [1.165, 1.54) is 5.01 Å². The van der Waals surface area contributed by atoms with Crippen molar-refractivity contribution in [2.24, 2.45) is 16.1 Å². The zero-order valence-electron chi connectivity index (χ0n) is 3.33. The fraction of sp³-hybridized carbons (Fsp3) is 1.00. The van der Waals surface area contributed by atoms with Crippen LogP contribution in [0.2, 0.25) is 0 Å². The van der Waals surface area contributed by atoms with Crippen molar-refractivity contribution in [1.29, 1.82) is 0 Å². The summed E-state index contributed by atoms with van der Waals surface area (Å²) in [7, 11) is 0. The molecule has 0 fully saturated rings. The van der Waals surface area contributed by atoms with Crippen molar-refractivity contribution in [2.75, 3.05) is 13.3 Å². The predicted octanol–water partition coefficient (Wildman–Crippen LogP) is -0.457. The molecule has 1 heterocycles. The summed E-state index contributed by atoms with van der Waals surface area (Å²) in [6.45, 7) is 1.11. The van der Waals surface area contributed by atoms with Gasteiger partial charge in [0, 0.05) is 0 Å². The molecule has 0 aliphatic carbocycles. The number of azo groups is 1.